The van der Waals surface area contributed by atoms with Crippen LogP contribution in [-0.2, 0) is 4.79 Å². The number of carbonyl (C=O) groups excluding carboxylic acids is 1. The van der Waals surface area contributed by atoms with Gasteiger partial charge in [-0.25, -0.2) is 0 Å². The average molecular weight is 267 g/mol. The lowest BCUT2D eigenvalue weighted by Gasteiger charge is -2.50. The molecule has 110 valence electrons. The molecule has 2 unspecified atom stereocenters. The number of nitrogens with zero attached hydrogens (tertiary/aromatic N) is 2. The van der Waals surface area contributed by atoms with Crippen molar-refractivity contribution in [3.63, 3.8) is 0 Å². The minimum Gasteiger partial charge on any atom is -0.343 e. The van der Waals surface area contributed by atoms with Gasteiger partial charge in [0, 0.05) is 25.2 Å². The number of hydrogen-bond acceptors (Lipinski definition) is 3. The minimum atomic E-state index is -0.341. The molecule has 19 heavy (non-hydrogen) atoms. The summed E-state index contributed by atoms with van der Waals surface area (Å²) in [7, 11) is 6.20. The topological polar surface area (TPSA) is 49.6 Å². The summed E-state index contributed by atoms with van der Waals surface area (Å²) in [6.45, 7) is 2.88. The van der Waals surface area contributed by atoms with Crippen molar-refractivity contribution in [2.24, 2.45) is 11.1 Å². The maximum atomic E-state index is 12.7. The van der Waals surface area contributed by atoms with Gasteiger partial charge in [0.1, 0.15) is 0 Å². The second-order valence-corrected chi connectivity index (χ2v) is 7.05. The summed E-state index contributed by atoms with van der Waals surface area (Å²) in [5.41, 5.74) is 6.02. The van der Waals surface area contributed by atoms with Crippen LogP contribution in [0, 0.1) is 5.41 Å². The van der Waals surface area contributed by atoms with Gasteiger partial charge in [0.05, 0.1) is 5.41 Å². The molecule has 0 heterocycles. The maximum Gasteiger partial charge on any atom is 0.229 e. The van der Waals surface area contributed by atoms with Gasteiger partial charge >= 0.3 is 0 Å². The molecule has 2 atom stereocenters. The van der Waals surface area contributed by atoms with Crippen molar-refractivity contribution >= 4 is 5.91 Å². The van der Waals surface area contributed by atoms with Gasteiger partial charge in [0.15, 0.2) is 0 Å². The first-order valence-corrected chi connectivity index (χ1v) is 7.50. The van der Waals surface area contributed by atoms with E-state index in [2.05, 4.69) is 19.0 Å². The monoisotopic (exact) mass is 267 g/mol. The van der Waals surface area contributed by atoms with Crippen LogP contribution in [0.5, 0.6) is 0 Å². The van der Waals surface area contributed by atoms with Crippen molar-refractivity contribution in [1.29, 1.82) is 0 Å². The Kier molecular flexibility index (Phi) is 3.94. The third-order valence-electron chi connectivity index (χ3n) is 5.63. The molecule has 2 saturated carbocycles. The normalized spacial score (nSPS) is 33.3. The highest BCUT2D eigenvalue weighted by atomic mass is 16.2. The molecule has 0 saturated heterocycles. The Morgan fingerprint density at radius 1 is 1.21 bits per heavy atom. The number of carbonyl (C=O) groups is 1. The highest BCUT2D eigenvalue weighted by Crippen LogP contribution is 2.40. The first-order chi connectivity index (χ1) is 8.82. The van der Waals surface area contributed by atoms with Crippen LogP contribution in [0.15, 0.2) is 0 Å². The zero-order valence-corrected chi connectivity index (χ0v) is 12.9. The lowest BCUT2D eigenvalue weighted by molar-refractivity contribution is -0.143. The SMILES string of the molecule is CN(CC1(N(C)C)CCC1)C(=O)C1(C)CCCC1N. The summed E-state index contributed by atoms with van der Waals surface area (Å²) >= 11 is 0. The molecule has 0 aliphatic heterocycles. The van der Waals surface area contributed by atoms with Gasteiger partial charge in [-0.3, -0.25) is 4.79 Å². The predicted molar refractivity (Wildman–Crippen MR) is 77.8 cm³/mol. The van der Waals surface area contributed by atoms with Crippen LogP contribution in [0.2, 0.25) is 0 Å². The van der Waals surface area contributed by atoms with E-state index in [1.165, 1.54) is 19.3 Å². The third-order valence-corrected chi connectivity index (χ3v) is 5.63. The summed E-state index contributed by atoms with van der Waals surface area (Å²) in [4.78, 5) is 17.0. The van der Waals surface area contributed by atoms with Crippen LogP contribution in [0.3, 0.4) is 0 Å². The molecule has 2 aliphatic carbocycles. The Labute approximate surface area is 117 Å². The Morgan fingerprint density at radius 2 is 1.84 bits per heavy atom. The first kappa shape index (κ1) is 14.8. The second-order valence-electron chi connectivity index (χ2n) is 7.05. The number of hydrogen-bond donors (Lipinski definition) is 1. The van der Waals surface area contributed by atoms with Gasteiger partial charge in [0.2, 0.25) is 5.91 Å². The van der Waals surface area contributed by atoms with E-state index in [-0.39, 0.29) is 22.9 Å². The zero-order valence-electron chi connectivity index (χ0n) is 12.9. The van der Waals surface area contributed by atoms with E-state index in [0.717, 1.165) is 25.8 Å². The molecule has 0 aromatic carbocycles. The smallest absolute Gasteiger partial charge is 0.229 e. The molecule has 2 aliphatic rings. The largest absolute Gasteiger partial charge is 0.343 e. The summed E-state index contributed by atoms with van der Waals surface area (Å²) in [6, 6.07) is 0.0270. The van der Waals surface area contributed by atoms with E-state index in [1.807, 2.05) is 18.9 Å². The van der Waals surface area contributed by atoms with Gasteiger partial charge in [-0.15, -0.1) is 0 Å². The minimum absolute atomic E-state index is 0.0270. The average Bonchev–Trinajstić information content (AvgIpc) is 2.63. The predicted octanol–water partition coefficient (Wildman–Crippen LogP) is 1.45. The van der Waals surface area contributed by atoms with Gasteiger partial charge in [0.25, 0.3) is 0 Å². The van der Waals surface area contributed by atoms with E-state index in [0.29, 0.717) is 0 Å². The highest BCUT2D eigenvalue weighted by Gasteiger charge is 2.47. The van der Waals surface area contributed by atoms with Gasteiger partial charge < -0.3 is 15.5 Å². The molecule has 0 aromatic rings. The standard InChI is InChI=1S/C15H29N3O/c1-14(8-5-7-12(14)16)13(19)18(4)11-15(17(2)3)9-6-10-15/h12H,5-11,16H2,1-4H3. The number of amides is 1. The molecule has 0 aromatic heterocycles. The quantitative estimate of drug-likeness (QED) is 0.838. The van der Waals surface area contributed by atoms with E-state index < -0.39 is 0 Å². The molecule has 4 heteroatoms. The second kappa shape index (κ2) is 5.06. The van der Waals surface area contributed by atoms with Crippen molar-refractivity contribution in [2.75, 3.05) is 27.7 Å². The number of nitrogens with two attached hydrogens (primary N) is 1. The maximum absolute atomic E-state index is 12.7. The molecule has 0 bridgehead atoms. The molecular weight excluding hydrogens is 238 g/mol. The molecule has 2 rings (SSSR count). The highest BCUT2D eigenvalue weighted by molar-refractivity contribution is 5.83. The van der Waals surface area contributed by atoms with Crippen LogP contribution in [-0.4, -0.2) is 55.0 Å². The van der Waals surface area contributed by atoms with Crippen molar-refractivity contribution in [1.82, 2.24) is 9.80 Å². The molecule has 2 N–H and O–H groups in total. The third kappa shape index (κ3) is 2.40. The van der Waals surface area contributed by atoms with Crippen LogP contribution < -0.4 is 5.73 Å². The van der Waals surface area contributed by atoms with Crippen LogP contribution in [0.4, 0.5) is 0 Å². The number of likely N-dealkylation sites (N-methyl/N-ethyl adjacent to an activating group) is 2. The Hall–Kier alpha value is -0.610. The van der Waals surface area contributed by atoms with Gasteiger partial charge in [-0.05, 0) is 53.1 Å². The molecule has 0 radical (unpaired) electrons. The Balaban J connectivity index is 2.03. The molecule has 2 fully saturated rings. The molecular formula is C15H29N3O. The number of rotatable bonds is 4. The van der Waals surface area contributed by atoms with Crippen molar-refractivity contribution < 1.29 is 4.79 Å². The Morgan fingerprint density at radius 3 is 2.21 bits per heavy atom. The summed E-state index contributed by atoms with van der Waals surface area (Å²) < 4.78 is 0. The fourth-order valence-electron chi connectivity index (χ4n) is 3.74. The Bertz CT molecular complexity index is 351. The summed E-state index contributed by atoms with van der Waals surface area (Å²) in [6.07, 6.45) is 6.66. The van der Waals surface area contributed by atoms with E-state index in [4.69, 9.17) is 5.73 Å². The summed E-state index contributed by atoms with van der Waals surface area (Å²) in [5, 5.41) is 0. The van der Waals surface area contributed by atoms with Crippen molar-refractivity contribution in [2.45, 2.75) is 57.0 Å². The van der Waals surface area contributed by atoms with Crippen molar-refractivity contribution in [3.05, 3.63) is 0 Å². The fourth-order valence-corrected chi connectivity index (χ4v) is 3.74. The summed E-state index contributed by atoms with van der Waals surface area (Å²) in [5.74, 6) is 0.241. The van der Waals surface area contributed by atoms with E-state index in [9.17, 15) is 4.79 Å². The first-order valence-electron chi connectivity index (χ1n) is 7.50. The lowest BCUT2D eigenvalue weighted by Crippen LogP contribution is -2.59. The van der Waals surface area contributed by atoms with E-state index >= 15 is 0 Å². The lowest BCUT2D eigenvalue weighted by atomic mass is 9.74. The van der Waals surface area contributed by atoms with Crippen LogP contribution >= 0.6 is 0 Å². The molecule has 1 amide bonds. The molecule has 0 spiro atoms. The fraction of sp³-hybridized carbons (Fsp3) is 0.933. The van der Waals surface area contributed by atoms with Crippen LogP contribution in [0.25, 0.3) is 0 Å². The molecule has 4 nitrogen and oxygen atoms in total. The van der Waals surface area contributed by atoms with Crippen molar-refractivity contribution in [3.8, 4) is 0 Å². The van der Waals surface area contributed by atoms with Crippen LogP contribution in [0.1, 0.15) is 45.4 Å². The van der Waals surface area contributed by atoms with E-state index in [1.54, 1.807) is 0 Å². The zero-order chi connectivity index (χ0) is 14.3. The van der Waals surface area contributed by atoms with Gasteiger partial charge in [-0.2, -0.15) is 0 Å². The van der Waals surface area contributed by atoms with Gasteiger partial charge in [-0.1, -0.05) is 6.42 Å².